The smallest absolute Gasteiger partial charge is 0.251 e. The van der Waals surface area contributed by atoms with E-state index in [2.05, 4.69) is 60.0 Å². The molecule has 5 aromatic carbocycles. The zero-order chi connectivity index (χ0) is 48.3. The molecule has 11 rings (SSSR count). The van der Waals surface area contributed by atoms with Crippen molar-refractivity contribution in [2.45, 2.75) is 77.3 Å². The summed E-state index contributed by atoms with van der Waals surface area (Å²) in [5, 5.41) is 13.2. The highest BCUT2D eigenvalue weighted by atomic mass is 79.9. The molecule has 13 nitrogen and oxygen atoms in total. The Labute approximate surface area is 413 Å². The highest BCUT2D eigenvalue weighted by Crippen LogP contribution is 2.35. The molecule has 0 atom stereocenters. The molecule has 16 heteroatoms. The van der Waals surface area contributed by atoms with Crippen LogP contribution >= 0.6 is 15.9 Å². The summed E-state index contributed by atoms with van der Waals surface area (Å²) < 4.78 is 49.3. The number of imidazole rings is 2. The number of halogens is 3. The van der Waals surface area contributed by atoms with Gasteiger partial charge in [-0.15, -0.1) is 0 Å². The summed E-state index contributed by atoms with van der Waals surface area (Å²) in [7, 11) is 0. The number of fused-ring (bicyclic) bond motifs is 2. The number of nitrogens with zero attached hydrogens (tertiary/aromatic N) is 4. The van der Waals surface area contributed by atoms with Crippen LogP contribution in [0.5, 0.6) is 11.5 Å². The van der Waals surface area contributed by atoms with Crippen molar-refractivity contribution in [3.8, 4) is 22.9 Å². The Kier molecular flexibility index (Phi) is 14.1. The molecule has 2 aliphatic heterocycles. The maximum atomic E-state index is 13.9. The zero-order valence-corrected chi connectivity index (χ0v) is 40.9. The van der Waals surface area contributed by atoms with Crippen LogP contribution in [0.4, 0.5) is 20.2 Å². The standard InChI is InChI=1S/C30H30F2N4O3.C24H27BrN4O2/c1-18-12-21(4-6-24(18)30(37)35-20-2-3-20)36-17-34-29-27(33-16-19-8-10-38-11-9-19)14-23(15-28(29)36)39-22-5-7-25(31)26(32)13-22;1-15-10-19(4-5-20(15)24(30)28-18-2-3-18)29-14-27-23-21(11-17(25)12-22(23)29)26-13-16-6-8-31-9-7-16/h4-7,12-15,17,19-20,33H,2-3,8-11,16H2,1H3,(H,35,37);4-5,10-12,14,16,18,26H,2-3,6-9,13H2,1H3,(H,28,30). The van der Waals surface area contributed by atoms with Crippen molar-refractivity contribution in [1.29, 1.82) is 0 Å². The summed E-state index contributed by atoms with van der Waals surface area (Å²) in [6.07, 6.45) is 12.0. The van der Waals surface area contributed by atoms with Crippen molar-refractivity contribution >= 4 is 61.2 Å². The quantitative estimate of drug-likeness (QED) is 0.0836. The van der Waals surface area contributed by atoms with Gasteiger partial charge >= 0.3 is 0 Å². The molecular formula is C54H57BrF2N8O5. The maximum absolute atomic E-state index is 13.9. The maximum Gasteiger partial charge on any atom is 0.251 e. The lowest BCUT2D eigenvalue weighted by molar-refractivity contribution is 0.0698. The summed E-state index contributed by atoms with van der Waals surface area (Å²) >= 11 is 3.66. The van der Waals surface area contributed by atoms with Gasteiger partial charge in [0.25, 0.3) is 11.8 Å². The van der Waals surface area contributed by atoms with Gasteiger partial charge in [-0.1, -0.05) is 15.9 Å². The van der Waals surface area contributed by atoms with Crippen LogP contribution in [0.25, 0.3) is 33.4 Å². The first-order chi connectivity index (χ1) is 34.0. The lowest BCUT2D eigenvalue weighted by Gasteiger charge is -2.23. The van der Waals surface area contributed by atoms with Gasteiger partial charge in [-0.05, 0) is 149 Å². The summed E-state index contributed by atoms with van der Waals surface area (Å²) in [6, 6.07) is 23.6. The molecule has 7 aromatic rings. The van der Waals surface area contributed by atoms with Crippen LogP contribution in [0, 0.1) is 37.3 Å². The van der Waals surface area contributed by atoms with Gasteiger partial charge in [0.05, 0.1) is 22.4 Å². The van der Waals surface area contributed by atoms with E-state index in [1.807, 2.05) is 67.2 Å². The lowest BCUT2D eigenvalue weighted by Crippen LogP contribution is -2.26. The topological polar surface area (TPSA) is 146 Å². The van der Waals surface area contributed by atoms with Crippen LogP contribution in [0.3, 0.4) is 0 Å². The fourth-order valence-electron chi connectivity index (χ4n) is 9.08. The lowest BCUT2D eigenvalue weighted by atomic mass is 10.0. The fraction of sp³-hybridized carbons (Fsp3) is 0.370. The number of rotatable bonds is 14. The Bertz CT molecular complexity index is 3050. The molecule has 4 heterocycles. The van der Waals surface area contributed by atoms with Gasteiger partial charge in [0.1, 0.15) is 35.2 Å². The number of nitrogens with one attached hydrogen (secondary N) is 4. The molecule has 0 bridgehead atoms. The number of anilines is 2. The minimum absolute atomic E-state index is 0.0179. The second-order valence-corrected chi connectivity index (χ2v) is 19.8. The van der Waals surface area contributed by atoms with E-state index in [0.29, 0.717) is 29.2 Å². The summed E-state index contributed by atoms with van der Waals surface area (Å²) in [6.45, 7) is 8.79. The average Bonchev–Trinajstić information content (AvgIpc) is 4.28. The van der Waals surface area contributed by atoms with Crippen LogP contribution in [0.15, 0.2) is 96.0 Å². The molecule has 364 valence electrons. The van der Waals surface area contributed by atoms with E-state index >= 15 is 0 Å². The molecule has 2 aromatic heterocycles. The Morgan fingerprint density at radius 2 is 1.11 bits per heavy atom. The van der Waals surface area contributed by atoms with Crippen molar-refractivity contribution in [1.82, 2.24) is 29.7 Å². The molecule has 0 unspecified atom stereocenters. The number of carbonyl (C=O) groups excluding carboxylic acids is 2. The molecule has 2 amide bonds. The van der Waals surface area contributed by atoms with Crippen molar-refractivity contribution in [2.24, 2.45) is 11.8 Å². The SMILES string of the molecule is Cc1cc(-n2cnc3c(NCC4CCOCC4)cc(Br)cc32)ccc1C(=O)NC1CC1.Cc1cc(-n2cnc3c(NCC4CCOCC4)cc(Oc4ccc(F)c(F)c4)cc32)ccc1C(=O)NC1CC1. The molecule has 4 N–H and O–H groups in total. The molecule has 0 spiro atoms. The van der Waals surface area contributed by atoms with Crippen LogP contribution in [-0.4, -0.2) is 82.5 Å². The molecule has 4 aliphatic rings. The van der Waals surface area contributed by atoms with Gasteiger partial charge in [-0.3, -0.25) is 18.7 Å². The Morgan fingerprint density at radius 1 is 0.614 bits per heavy atom. The number of benzene rings is 5. The van der Waals surface area contributed by atoms with E-state index in [4.69, 9.17) is 24.2 Å². The van der Waals surface area contributed by atoms with Gasteiger partial charge in [0, 0.05) is 96.8 Å². The Morgan fingerprint density at radius 3 is 1.60 bits per heavy atom. The van der Waals surface area contributed by atoms with E-state index in [1.165, 1.54) is 6.07 Å². The van der Waals surface area contributed by atoms with Crippen LogP contribution in [0.2, 0.25) is 0 Å². The number of amides is 2. The summed E-state index contributed by atoms with van der Waals surface area (Å²) in [5.74, 6) is -0.190. The molecule has 70 heavy (non-hydrogen) atoms. The Hall–Kier alpha value is -6.36. The monoisotopic (exact) mass is 1010 g/mol. The minimum Gasteiger partial charge on any atom is -0.457 e. The molecule has 2 saturated carbocycles. The summed E-state index contributed by atoms with van der Waals surface area (Å²) in [5.41, 5.74) is 10.4. The largest absolute Gasteiger partial charge is 0.457 e. The second-order valence-electron chi connectivity index (χ2n) is 18.9. The van der Waals surface area contributed by atoms with Gasteiger partial charge in [-0.25, -0.2) is 18.7 Å². The van der Waals surface area contributed by atoms with Gasteiger partial charge in [0.2, 0.25) is 0 Å². The number of aromatic nitrogens is 4. The van der Waals surface area contributed by atoms with Crippen molar-refractivity contribution < 1.29 is 32.6 Å². The number of ether oxygens (including phenoxy) is 3. The predicted molar refractivity (Wildman–Crippen MR) is 271 cm³/mol. The third-order valence-electron chi connectivity index (χ3n) is 13.5. The first-order valence-corrected chi connectivity index (χ1v) is 25.1. The van der Waals surface area contributed by atoms with Gasteiger partial charge in [0.15, 0.2) is 11.6 Å². The van der Waals surface area contributed by atoms with E-state index in [0.717, 1.165) is 169 Å². The van der Waals surface area contributed by atoms with Crippen molar-refractivity contribution in [3.63, 3.8) is 0 Å². The molecule has 2 saturated heterocycles. The minimum atomic E-state index is -0.974. The molecule has 4 fully saturated rings. The second kappa shape index (κ2) is 20.9. The number of hydrogen-bond donors (Lipinski definition) is 4. The average molecular weight is 1020 g/mol. The first kappa shape index (κ1) is 47.3. The van der Waals surface area contributed by atoms with E-state index < -0.39 is 11.6 Å². The first-order valence-electron chi connectivity index (χ1n) is 24.3. The fourth-order valence-corrected chi connectivity index (χ4v) is 9.53. The highest BCUT2D eigenvalue weighted by molar-refractivity contribution is 9.10. The van der Waals surface area contributed by atoms with E-state index in [-0.39, 0.29) is 23.6 Å². The predicted octanol–water partition coefficient (Wildman–Crippen LogP) is 11.0. The summed E-state index contributed by atoms with van der Waals surface area (Å²) in [4.78, 5) is 34.5. The third-order valence-corrected chi connectivity index (χ3v) is 14.0. The van der Waals surface area contributed by atoms with E-state index in [9.17, 15) is 18.4 Å². The highest BCUT2D eigenvalue weighted by Gasteiger charge is 2.26. The normalized spacial score (nSPS) is 16.4. The van der Waals surface area contributed by atoms with Crippen LogP contribution in [-0.2, 0) is 9.47 Å². The molecular weight excluding hydrogens is 959 g/mol. The zero-order valence-electron chi connectivity index (χ0n) is 39.3. The number of carbonyl (C=O) groups is 2. The van der Waals surface area contributed by atoms with Crippen LogP contribution in [0.1, 0.15) is 83.2 Å². The Balaban J connectivity index is 0.000000166. The number of hydrogen-bond acceptors (Lipinski definition) is 9. The third kappa shape index (κ3) is 11.1. The van der Waals surface area contributed by atoms with Gasteiger partial charge < -0.3 is 35.5 Å². The van der Waals surface area contributed by atoms with Gasteiger partial charge in [-0.2, -0.15) is 0 Å². The molecule has 2 aliphatic carbocycles. The van der Waals surface area contributed by atoms with Crippen molar-refractivity contribution in [2.75, 3.05) is 50.2 Å². The number of aryl methyl sites for hydroxylation is 2. The molecule has 0 radical (unpaired) electrons. The van der Waals surface area contributed by atoms with Crippen LogP contribution < -0.4 is 26.0 Å². The van der Waals surface area contributed by atoms with Crippen molar-refractivity contribution in [3.05, 3.63) is 130 Å². The van der Waals surface area contributed by atoms with E-state index in [1.54, 1.807) is 6.33 Å².